The predicted molar refractivity (Wildman–Crippen MR) is 41.4 cm³/mol. The van der Waals surface area contributed by atoms with E-state index in [2.05, 4.69) is 0 Å². The molecule has 0 unspecified atom stereocenters. The summed E-state index contributed by atoms with van der Waals surface area (Å²) in [5, 5.41) is 26.7. The molecule has 84 valence electrons. The van der Waals surface area contributed by atoms with Crippen LogP contribution in [0.5, 0.6) is 0 Å². The number of carboxylic acid groups (broad SMARTS) is 3. The Morgan fingerprint density at radius 2 is 0.714 bits per heavy atom. The molecule has 14 heavy (non-hydrogen) atoms. The second-order valence-electron chi connectivity index (χ2n) is 1.47. The van der Waals surface area contributed by atoms with Crippen molar-refractivity contribution >= 4 is 45.2 Å². The Morgan fingerprint density at radius 3 is 0.714 bits per heavy atom. The van der Waals surface area contributed by atoms with Crippen LogP contribution >= 0.6 is 0 Å². The molecule has 0 spiro atoms. The van der Waals surface area contributed by atoms with Crippen LogP contribution < -0.4 is 15.3 Å². The maximum absolute atomic E-state index is 8.89. The molecule has 0 saturated heterocycles. The molecule has 0 heterocycles. The van der Waals surface area contributed by atoms with Gasteiger partial charge in [0.2, 0.25) is 0 Å². The monoisotopic (exact) mass is 403 g/mol. The number of carboxylic acids is 3. The van der Waals surface area contributed by atoms with Crippen LogP contribution in [-0.2, 0) is 14.4 Å². The van der Waals surface area contributed by atoms with Gasteiger partial charge in [-0.3, -0.25) is 0 Å². The Labute approximate surface area is 101 Å². The second-order valence-corrected chi connectivity index (χ2v) is 1.47. The van der Waals surface area contributed by atoms with E-state index >= 15 is 0 Å². The molecule has 8 heteroatoms. The molecule has 0 amide bonds. The molecule has 2 N–H and O–H groups in total. The summed E-state index contributed by atoms with van der Waals surface area (Å²) >= 11 is 0. The summed E-state index contributed by atoms with van der Waals surface area (Å²) in [6, 6.07) is 0. The molecule has 7 nitrogen and oxygen atoms in total. The van der Waals surface area contributed by atoms with Crippen LogP contribution in [0.25, 0.3) is 0 Å². The van der Waals surface area contributed by atoms with Gasteiger partial charge in [-0.1, -0.05) is 0 Å². The Balaban J connectivity index is -0.0000000270. The van der Waals surface area contributed by atoms with Crippen molar-refractivity contribution in [1.29, 1.82) is 0 Å². The summed E-state index contributed by atoms with van der Waals surface area (Å²) in [4.78, 5) is 26.7. The van der Waals surface area contributed by atoms with Crippen LogP contribution in [0.15, 0.2) is 0 Å². The maximum Gasteiger partial charge on any atom is 0.0383 e. The number of carbonyl (C=O) groups is 3. The summed E-state index contributed by atoms with van der Waals surface area (Å²) < 4.78 is 0. The SMILES string of the molecule is CC(=O)[O-].CC(=O)[O-].CC(=O)[O-].O.[Pb]. The van der Waals surface area contributed by atoms with Crippen molar-refractivity contribution in [2.45, 2.75) is 20.8 Å². The van der Waals surface area contributed by atoms with E-state index in [0.717, 1.165) is 20.8 Å². The Hall–Kier alpha value is -0.708. The van der Waals surface area contributed by atoms with Crippen LogP contribution in [-0.4, -0.2) is 50.7 Å². The molecule has 0 rings (SSSR count). The summed E-state index contributed by atoms with van der Waals surface area (Å²) in [7, 11) is 0. The van der Waals surface area contributed by atoms with E-state index in [9.17, 15) is 0 Å². The fourth-order valence-electron chi connectivity index (χ4n) is 0. The zero-order valence-electron chi connectivity index (χ0n) is 7.95. The third kappa shape index (κ3) is 2390. The molecule has 0 aliphatic heterocycles. The molecule has 0 aromatic carbocycles. The predicted octanol–water partition coefficient (Wildman–Crippen LogP) is -4.94. The van der Waals surface area contributed by atoms with E-state index in [1.54, 1.807) is 0 Å². The average molecular weight is 402 g/mol. The average Bonchev–Trinajstić information content (AvgIpc) is 1.54. The van der Waals surface area contributed by atoms with Gasteiger partial charge in [0.25, 0.3) is 0 Å². The van der Waals surface area contributed by atoms with Crippen molar-refractivity contribution in [1.82, 2.24) is 0 Å². The molecule has 0 fully saturated rings. The third-order valence-corrected chi connectivity index (χ3v) is 0. The summed E-state index contributed by atoms with van der Waals surface area (Å²) in [6.45, 7) is 2.92. The van der Waals surface area contributed by atoms with Crippen molar-refractivity contribution < 1.29 is 35.2 Å². The Morgan fingerprint density at radius 1 is 0.714 bits per heavy atom. The third-order valence-electron chi connectivity index (χ3n) is 0. The first kappa shape index (κ1) is 29.2. The van der Waals surface area contributed by atoms with Gasteiger partial charge in [-0.2, -0.15) is 0 Å². The zero-order valence-corrected chi connectivity index (χ0v) is 11.8. The first-order valence-corrected chi connectivity index (χ1v) is 2.72. The van der Waals surface area contributed by atoms with Gasteiger partial charge in [0, 0.05) is 45.2 Å². The van der Waals surface area contributed by atoms with Crippen molar-refractivity contribution in [3.8, 4) is 0 Å². The summed E-state index contributed by atoms with van der Waals surface area (Å²) in [5.41, 5.74) is 0. The van der Waals surface area contributed by atoms with E-state index in [0.29, 0.717) is 0 Å². The van der Waals surface area contributed by atoms with Crippen LogP contribution in [0.4, 0.5) is 0 Å². The van der Waals surface area contributed by atoms with Gasteiger partial charge in [-0.15, -0.1) is 0 Å². The van der Waals surface area contributed by atoms with Crippen molar-refractivity contribution in [3.05, 3.63) is 0 Å². The van der Waals surface area contributed by atoms with Crippen LogP contribution in [0.3, 0.4) is 0 Å². The number of carbonyl (C=O) groups excluding carboxylic acids is 3. The molecule has 0 saturated carbocycles. The van der Waals surface area contributed by atoms with Crippen molar-refractivity contribution in [3.63, 3.8) is 0 Å². The van der Waals surface area contributed by atoms with Gasteiger partial charge < -0.3 is 35.2 Å². The van der Waals surface area contributed by atoms with Crippen LogP contribution in [0.1, 0.15) is 20.8 Å². The fraction of sp³-hybridized carbons (Fsp3) is 0.500. The first-order valence-electron chi connectivity index (χ1n) is 2.72. The molecular formula is C6H11O7Pb-3. The summed E-state index contributed by atoms with van der Waals surface area (Å²) in [5.74, 6) is -3.25. The van der Waals surface area contributed by atoms with E-state index in [1.165, 1.54) is 0 Å². The van der Waals surface area contributed by atoms with E-state index in [-0.39, 0.29) is 32.8 Å². The number of hydrogen-bond acceptors (Lipinski definition) is 6. The minimum absolute atomic E-state index is 0. The minimum atomic E-state index is -1.08. The maximum atomic E-state index is 8.89. The molecule has 4 radical (unpaired) electrons. The Bertz CT molecular complexity index is 116. The van der Waals surface area contributed by atoms with E-state index in [1.807, 2.05) is 0 Å². The number of rotatable bonds is 0. The van der Waals surface area contributed by atoms with Gasteiger partial charge in [-0.25, -0.2) is 0 Å². The molecule has 0 aromatic heterocycles. The first-order chi connectivity index (χ1) is 5.20. The van der Waals surface area contributed by atoms with Gasteiger partial charge in [0.1, 0.15) is 0 Å². The second kappa shape index (κ2) is 22.8. The van der Waals surface area contributed by atoms with Crippen LogP contribution in [0.2, 0.25) is 0 Å². The standard InChI is InChI=1S/3C2H4O2.H2O.Pb/c3*1-2(3)4;;/h3*1H3,(H,3,4);1H2;/p-3. The zero-order chi connectivity index (χ0) is 10.7. The normalized spacial score (nSPS) is 5.36. The quantitative estimate of drug-likeness (QED) is 0.370. The van der Waals surface area contributed by atoms with Gasteiger partial charge >= 0.3 is 0 Å². The van der Waals surface area contributed by atoms with Gasteiger partial charge in [0.15, 0.2) is 0 Å². The summed E-state index contributed by atoms with van der Waals surface area (Å²) in [6.07, 6.45) is 0. The molecule has 0 atom stereocenters. The molecule has 0 aliphatic rings. The van der Waals surface area contributed by atoms with Gasteiger partial charge in [0.05, 0.1) is 0 Å². The van der Waals surface area contributed by atoms with E-state index in [4.69, 9.17) is 29.7 Å². The number of aliphatic carboxylic acids is 3. The largest absolute Gasteiger partial charge is 0.550 e. The molecular weight excluding hydrogens is 391 g/mol. The fourth-order valence-corrected chi connectivity index (χ4v) is 0. The molecule has 0 aliphatic carbocycles. The molecule has 0 bridgehead atoms. The smallest absolute Gasteiger partial charge is 0.0383 e. The van der Waals surface area contributed by atoms with Crippen molar-refractivity contribution in [2.75, 3.05) is 0 Å². The van der Waals surface area contributed by atoms with Crippen LogP contribution in [0, 0.1) is 0 Å². The molecule has 0 aromatic rings. The van der Waals surface area contributed by atoms with E-state index < -0.39 is 17.9 Å². The minimum Gasteiger partial charge on any atom is -0.550 e. The topological polar surface area (TPSA) is 152 Å². The Kier molecular flexibility index (Phi) is 47.6. The van der Waals surface area contributed by atoms with Crippen molar-refractivity contribution in [2.24, 2.45) is 0 Å². The number of hydrogen-bond donors (Lipinski definition) is 0. The van der Waals surface area contributed by atoms with Gasteiger partial charge in [-0.05, 0) is 20.8 Å².